The number of hydrogen-bond donors (Lipinski definition) is 0. The highest BCUT2D eigenvalue weighted by molar-refractivity contribution is 7.17. The van der Waals surface area contributed by atoms with Gasteiger partial charge in [-0.15, -0.1) is 11.3 Å². The molecule has 0 amide bonds. The number of fused-ring (bicyclic) bond motifs is 3. The van der Waals surface area contributed by atoms with Gasteiger partial charge in [0, 0.05) is 29.3 Å². The molecule has 3 heterocycles. The molecule has 1 aliphatic carbocycles. The average molecular weight is 248 g/mol. The van der Waals surface area contributed by atoms with E-state index in [0.29, 0.717) is 5.92 Å². The Hall–Kier alpha value is -0.870. The van der Waals surface area contributed by atoms with Crippen LogP contribution in [0.25, 0.3) is 4.96 Å². The molecule has 1 atom stereocenters. The van der Waals surface area contributed by atoms with Gasteiger partial charge in [-0.3, -0.25) is 4.40 Å². The van der Waals surface area contributed by atoms with Crippen molar-refractivity contribution in [2.45, 2.75) is 38.0 Å². The van der Waals surface area contributed by atoms with Crippen LogP contribution in [0.2, 0.25) is 0 Å². The number of nitrogens with zero attached hydrogens (tertiary/aromatic N) is 2. The predicted octanol–water partition coefficient (Wildman–Crippen LogP) is 2.78. The summed E-state index contributed by atoms with van der Waals surface area (Å²) in [5, 5.41) is 0. The predicted molar refractivity (Wildman–Crippen MR) is 67.9 cm³/mol. The van der Waals surface area contributed by atoms with Crippen molar-refractivity contribution in [1.29, 1.82) is 0 Å². The number of aromatic nitrogens is 2. The lowest BCUT2D eigenvalue weighted by Gasteiger charge is -2.10. The van der Waals surface area contributed by atoms with Gasteiger partial charge in [0.1, 0.15) is 0 Å². The minimum atomic E-state index is 0.529. The summed E-state index contributed by atoms with van der Waals surface area (Å²) in [7, 11) is 0. The van der Waals surface area contributed by atoms with Gasteiger partial charge >= 0.3 is 0 Å². The molecular formula is C13H16N2OS. The van der Waals surface area contributed by atoms with E-state index < -0.39 is 0 Å². The molecule has 17 heavy (non-hydrogen) atoms. The highest BCUT2D eigenvalue weighted by Gasteiger charge is 2.23. The smallest absolute Gasteiger partial charge is 0.194 e. The Morgan fingerprint density at radius 3 is 3.18 bits per heavy atom. The second kappa shape index (κ2) is 3.82. The van der Waals surface area contributed by atoms with E-state index >= 15 is 0 Å². The molecule has 4 rings (SSSR count). The lowest BCUT2D eigenvalue weighted by molar-refractivity contribution is 0.193. The fourth-order valence-electron chi connectivity index (χ4n) is 2.95. The maximum atomic E-state index is 5.45. The molecule has 1 aliphatic heterocycles. The second-order valence-electron chi connectivity index (χ2n) is 5.06. The molecule has 0 bridgehead atoms. The molecule has 4 heteroatoms. The third-order valence-electron chi connectivity index (χ3n) is 3.93. The van der Waals surface area contributed by atoms with Crippen molar-refractivity contribution in [1.82, 2.24) is 9.38 Å². The highest BCUT2D eigenvalue weighted by atomic mass is 32.1. The average Bonchev–Trinajstić information content (AvgIpc) is 3.03. The zero-order valence-corrected chi connectivity index (χ0v) is 10.6. The number of aryl methyl sites for hydroxylation is 2. The van der Waals surface area contributed by atoms with Crippen molar-refractivity contribution in [3.8, 4) is 0 Å². The van der Waals surface area contributed by atoms with Crippen LogP contribution in [0.15, 0.2) is 6.20 Å². The molecule has 2 aromatic rings. The van der Waals surface area contributed by atoms with E-state index in [1.54, 1.807) is 4.88 Å². The lowest BCUT2D eigenvalue weighted by Crippen LogP contribution is -2.02. The highest BCUT2D eigenvalue weighted by Crippen LogP contribution is 2.32. The molecule has 0 saturated carbocycles. The Balaban J connectivity index is 1.79. The Morgan fingerprint density at radius 1 is 1.35 bits per heavy atom. The van der Waals surface area contributed by atoms with Gasteiger partial charge in [-0.2, -0.15) is 0 Å². The first-order chi connectivity index (χ1) is 8.42. The Labute approximate surface area is 104 Å². The topological polar surface area (TPSA) is 26.5 Å². The molecule has 1 saturated heterocycles. The maximum Gasteiger partial charge on any atom is 0.194 e. The van der Waals surface area contributed by atoms with Crippen molar-refractivity contribution in [2.75, 3.05) is 13.2 Å². The largest absolute Gasteiger partial charge is 0.381 e. The molecule has 0 spiro atoms. The van der Waals surface area contributed by atoms with Gasteiger partial charge in [0.15, 0.2) is 4.96 Å². The van der Waals surface area contributed by atoms with Crippen LogP contribution < -0.4 is 0 Å². The summed E-state index contributed by atoms with van der Waals surface area (Å²) < 4.78 is 7.79. The van der Waals surface area contributed by atoms with Gasteiger partial charge < -0.3 is 4.74 Å². The van der Waals surface area contributed by atoms with Gasteiger partial charge in [0.2, 0.25) is 0 Å². The quantitative estimate of drug-likeness (QED) is 0.775. The molecule has 0 radical (unpaired) electrons. The van der Waals surface area contributed by atoms with Gasteiger partial charge in [-0.1, -0.05) is 0 Å². The van der Waals surface area contributed by atoms with E-state index in [-0.39, 0.29) is 0 Å². The molecular weight excluding hydrogens is 232 g/mol. The van der Waals surface area contributed by atoms with Crippen LogP contribution in [0.4, 0.5) is 0 Å². The summed E-state index contributed by atoms with van der Waals surface area (Å²) in [6.07, 6.45) is 8.55. The summed E-state index contributed by atoms with van der Waals surface area (Å²) >= 11 is 1.89. The zero-order chi connectivity index (χ0) is 11.2. The first-order valence-corrected chi connectivity index (χ1v) is 7.31. The van der Waals surface area contributed by atoms with E-state index in [1.165, 1.54) is 42.0 Å². The van der Waals surface area contributed by atoms with E-state index in [2.05, 4.69) is 10.6 Å². The van der Waals surface area contributed by atoms with E-state index in [9.17, 15) is 0 Å². The van der Waals surface area contributed by atoms with E-state index in [0.717, 1.165) is 19.6 Å². The van der Waals surface area contributed by atoms with Crippen molar-refractivity contribution in [3.05, 3.63) is 22.5 Å². The third kappa shape index (κ3) is 1.54. The third-order valence-corrected chi connectivity index (χ3v) is 5.09. The van der Waals surface area contributed by atoms with Crippen molar-refractivity contribution in [3.63, 3.8) is 0 Å². The molecule has 2 aromatic heterocycles. The molecule has 1 unspecified atom stereocenters. The first-order valence-electron chi connectivity index (χ1n) is 6.49. The minimum absolute atomic E-state index is 0.529. The monoisotopic (exact) mass is 248 g/mol. The normalized spacial score (nSPS) is 24.4. The van der Waals surface area contributed by atoms with Crippen LogP contribution >= 0.6 is 11.3 Å². The van der Waals surface area contributed by atoms with Crippen LogP contribution in [0.5, 0.6) is 0 Å². The second-order valence-corrected chi connectivity index (χ2v) is 6.12. The Kier molecular flexibility index (Phi) is 2.27. The first kappa shape index (κ1) is 10.1. The summed E-state index contributed by atoms with van der Waals surface area (Å²) in [6.45, 7) is 1.75. The summed E-state index contributed by atoms with van der Waals surface area (Å²) in [6, 6.07) is 0. The minimum Gasteiger partial charge on any atom is -0.381 e. The summed E-state index contributed by atoms with van der Waals surface area (Å²) in [4.78, 5) is 7.56. The zero-order valence-electron chi connectivity index (χ0n) is 9.82. The van der Waals surface area contributed by atoms with Crippen molar-refractivity contribution < 1.29 is 4.74 Å². The molecule has 0 N–H and O–H groups in total. The van der Waals surface area contributed by atoms with Gasteiger partial charge in [-0.25, -0.2) is 4.98 Å². The fourth-order valence-corrected chi connectivity index (χ4v) is 4.14. The number of thiazole rings is 1. The number of imidazole rings is 1. The lowest BCUT2D eigenvalue weighted by atomic mass is 10.0. The Bertz CT molecular complexity index is 551. The van der Waals surface area contributed by atoms with Gasteiger partial charge in [-0.05, 0) is 32.1 Å². The number of ether oxygens (including phenoxy) is 1. The van der Waals surface area contributed by atoms with Crippen LogP contribution in [-0.4, -0.2) is 22.6 Å². The maximum absolute atomic E-state index is 5.45. The van der Waals surface area contributed by atoms with E-state index in [4.69, 9.17) is 9.72 Å². The van der Waals surface area contributed by atoms with Gasteiger partial charge in [0.05, 0.1) is 12.3 Å². The van der Waals surface area contributed by atoms with Crippen LogP contribution in [0, 0.1) is 0 Å². The number of rotatable bonds is 1. The molecule has 0 aromatic carbocycles. The van der Waals surface area contributed by atoms with Crippen molar-refractivity contribution >= 4 is 16.3 Å². The SMILES string of the molecule is c1c(C2CCOC2)nc2sc3c(n12)CCCC3. The van der Waals surface area contributed by atoms with Gasteiger partial charge in [0.25, 0.3) is 0 Å². The molecule has 1 fully saturated rings. The molecule has 90 valence electrons. The fraction of sp³-hybridized carbons (Fsp3) is 0.615. The van der Waals surface area contributed by atoms with Crippen LogP contribution in [0.1, 0.15) is 41.4 Å². The van der Waals surface area contributed by atoms with Crippen molar-refractivity contribution in [2.24, 2.45) is 0 Å². The van der Waals surface area contributed by atoms with Crippen LogP contribution in [-0.2, 0) is 17.6 Å². The van der Waals surface area contributed by atoms with Crippen LogP contribution in [0.3, 0.4) is 0 Å². The van der Waals surface area contributed by atoms with E-state index in [1.807, 2.05) is 11.3 Å². The molecule has 2 aliphatic rings. The summed E-state index contributed by atoms with van der Waals surface area (Å²) in [5.74, 6) is 0.529. The summed E-state index contributed by atoms with van der Waals surface area (Å²) in [5.41, 5.74) is 2.76. The standard InChI is InChI=1S/C13H16N2OS/c1-2-4-12-11(3-1)15-7-10(14-13(15)17-12)9-5-6-16-8-9/h7,9H,1-6,8H2. The molecule has 3 nitrogen and oxygen atoms in total. The number of hydrogen-bond acceptors (Lipinski definition) is 3. The Morgan fingerprint density at radius 2 is 2.29 bits per heavy atom.